The van der Waals surface area contributed by atoms with Gasteiger partial charge in [0.2, 0.25) is 0 Å². The van der Waals surface area contributed by atoms with Crippen molar-refractivity contribution in [2.45, 2.75) is 32.7 Å². The highest BCUT2D eigenvalue weighted by Crippen LogP contribution is 2.12. The van der Waals surface area contributed by atoms with Crippen molar-refractivity contribution in [1.82, 2.24) is 10.2 Å². The Bertz CT molecular complexity index is 324. The number of nitrogens with one attached hydrogen (secondary N) is 1. The van der Waals surface area contributed by atoms with Gasteiger partial charge in [0.15, 0.2) is 0 Å². The normalized spacial score (nSPS) is 10.9. The highest BCUT2D eigenvalue weighted by Gasteiger charge is 1.99. The molecule has 0 saturated carbocycles. The molecule has 108 valence electrons. The number of hydrogen-bond donors (Lipinski definition) is 1. The molecule has 0 aliphatic heterocycles. The molecule has 0 aromatic heterocycles. The van der Waals surface area contributed by atoms with Crippen LogP contribution in [0, 0.1) is 0 Å². The van der Waals surface area contributed by atoms with Crippen LogP contribution in [0.15, 0.2) is 24.3 Å². The Morgan fingerprint density at radius 3 is 2.47 bits per heavy atom. The van der Waals surface area contributed by atoms with Crippen LogP contribution >= 0.6 is 0 Å². The lowest BCUT2D eigenvalue weighted by Crippen LogP contribution is -2.25. The summed E-state index contributed by atoms with van der Waals surface area (Å²) in [4.78, 5) is 2.34. The van der Waals surface area contributed by atoms with E-state index in [1.165, 1.54) is 24.8 Å². The fourth-order valence-electron chi connectivity index (χ4n) is 1.97. The Kier molecular flexibility index (Phi) is 8.26. The number of nitrogens with zero attached hydrogens (tertiary/aromatic N) is 1. The summed E-state index contributed by atoms with van der Waals surface area (Å²) in [5.41, 5.74) is 1.28. The standard InChI is InChI=1S/C16H28N2O/c1-4-5-6-11-18(3)12-13-19-16-9-7-15(8-10-16)14-17-2/h7-10,17H,4-6,11-14H2,1-3H3. The average Bonchev–Trinajstić information content (AvgIpc) is 2.41. The first-order chi connectivity index (χ1) is 9.26. The monoisotopic (exact) mass is 264 g/mol. The maximum Gasteiger partial charge on any atom is 0.119 e. The first-order valence-corrected chi connectivity index (χ1v) is 7.31. The van der Waals surface area contributed by atoms with E-state index in [4.69, 9.17) is 4.74 Å². The zero-order chi connectivity index (χ0) is 13.9. The van der Waals surface area contributed by atoms with Crippen LogP contribution in [0.25, 0.3) is 0 Å². The number of hydrogen-bond acceptors (Lipinski definition) is 3. The Labute approximate surface area is 118 Å². The molecule has 0 heterocycles. The topological polar surface area (TPSA) is 24.5 Å². The van der Waals surface area contributed by atoms with Gasteiger partial charge in [0.25, 0.3) is 0 Å². The fourth-order valence-corrected chi connectivity index (χ4v) is 1.97. The summed E-state index contributed by atoms with van der Waals surface area (Å²) in [5, 5.41) is 3.14. The maximum atomic E-state index is 5.75. The van der Waals surface area contributed by atoms with Gasteiger partial charge in [-0.05, 0) is 44.8 Å². The predicted molar refractivity (Wildman–Crippen MR) is 81.7 cm³/mol. The second kappa shape index (κ2) is 9.82. The fraction of sp³-hybridized carbons (Fsp3) is 0.625. The molecule has 1 aromatic carbocycles. The average molecular weight is 264 g/mol. The van der Waals surface area contributed by atoms with Gasteiger partial charge >= 0.3 is 0 Å². The van der Waals surface area contributed by atoms with E-state index in [-0.39, 0.29) is 0 Å². The van der Waals surface area contributed by atoms with Crippen LogP contribution in [0.1, 0.15) is 31.7 Å². The quantitative estimate of drug-likeness (QED) is 0.658. The molecule has 19 heavy (non-hydrogen) atoms. The molecule has 1 rings (SSSR count). The molecule has 0 fully saturated rings. The molecular formula is C16H28N2O. The first kappa shape index (κ1) is 16.0. The van der Waals surface area contributed by atoms with Crippen molar-refractivity contribution in [3.05, 3.63) is 29.8 Å². The second-order valence-electron chi connectivity index (χ2n) is 5.03. The molecule has 0 unspecified atom stereocenters. The van der Waals surface area contributed by atoms with E-state index < -0.39 is 0 Å². The van der Waals surface area contributed by atoms with Gasteiger partial charge < -0.3 is 15.0 Å². The van der Waals surface area contributed by atoms with Crippen LogP contribution in [-0.4, -0.2) is 38.7 Å². The van der Waals surface area contributed by atoms with Gasteiger partial charge in [-0.1, -0.05) is 31.9 Å². The van der Waals surface area contributed by atoms with Crippen molar-refractivity contribution in [1.29, 1.82) is 0 Å². The van der Waals surface area contributed by atoms with Crippen molar-refractivity contribution in [3.8, 4) is 5.75 Å². The molecule has 1 aromatic rings. The number of benzene rings is 1. The van der Waals surface area contributed by atoms with Gasteiger partial charge in [-0.3, -0.25) is 0 Å². The zero-order valence-corrected chi connectivity index (χ0v) is 12.6. The van der Waals surface area contributed by atoms with E-state index in [0.717, 1.165) is 32.0 Å². The van der Waals surface area contributed by atoms with E-state index in [2.05, 4.69) is 36.3 Å². The minimum Gasteiger partial charge on any atom is -0.492 e. The first-order valence-electron chi connectivity index (χ1n) is 7.31. The molecule has 0 spiro atoms. The minimum absolute atomic E-state index is 0.758. The van der Waals surface area contributed by atoms with Crippen LogP contribution in [0.2, 0.25) is 0 Å². The van der Waals surface area contributed by atoms with E-state index in [0.29, 0.717) is 0 Å². The summed E-state index contributed by atoms with van der Waals surface area (Å²) in [7, 11) is 4.12. The summed E-state index contributed by atoms with van der Waals surface area (Å²) in [6.45, 7) is 6.05. The summed E-state index contributed by atoms with van der Waals surface area (Å²) < 4.78 is 5.75. The second-order valence-corrected chi connectivity index (χ2v) is 5.03. The number of ether oxygens (including phenoxy) is 1. The molecule has 0 aliphatic rings. The third-order valence-corrected chi connectivity index (χ3v) is 3.19. The lowest BCUT2D eigenvalue weighted by Gasteiger charge is -2.16. The van der Waals surface area contributed by atoms with Crippen LogP contribution in [0.5, 0.6) is 5.75 Å². The van der Waals surface area contributed by atoms with Crippen molar-refractivity contribution in [2.75, 3.05) is 33.8 Å². The molecule has 0 radical (unpaired) electrons. The molecule has 0 bridgehead atoms. The van der Waals surface area contributed by atoms with E-state index in [1.807, 2.05) is 19.2 Å². The Morgan fingerprint density at radius 2 is 1.84 bits per heavy atom. The Balaban J connectivity index is 2.17. The zero-order valence-electron chi connectivity index (χ0n) is 12.6. The predicted octanol–water partition coefficient (Wildman–Crippen LogP) is 2.91. The van der Waals surface area contributed by atoms with E-state index in [1.54, 1.807) is 0 Å². The van der Waals surface area contributed by atoms with Gasteiger partial charge in [-0.2, -0.15) is 0 Å². The van der Waals surface area contributed by atoms with Crippen LogP contribution in [0.4, 0.5) is 0 Å². The highest BCUT2D eigenvalue weighted by atomic mass is 16.5. The van der Waals surface area contributed by atoms with Gasteiger partial charge in [0.05, 0.1) is 0 Å². The highest BCUT2D eigenvalue weighted by molar-refractivity contribution is 5.27. The van der Waals surface area contributed by atoms with Gasteiger partial charge in [-0.15, -0.1) is 0 Å². The Morgan fingerprint density at radius 1 is 1.11 bits per heavy atom. The van der Waals surface area contributed by atoms with Crippen molar-refractivity contribution in [2.24, 2.45) is 0 Å². The van der Waals surface area contributed by atoms with E-state index in [9.17, 15) is 0 Å². The van der Waals surface area contributed by atoms with Gasteiger partial charge in [0, 0.05) is 13.1 Å². The van der Waals surface area contributed by atoms with E-state index >= 15 is 0 Å². The van der Waals surface area contributed by atoms with Gasteiger partial charge in [0.1, 0.15) is 12.4 Å². The minimum atomic E-state index is 0.758. The Hall–Kier alpha value is -1.06. The number of likely N-dealkylation sites (N-methyl/N-ethyl adjacent to an activating group) is 1. The SMILES string of the molecule is CCCCCN(C)CCOc1ccc(CNC)cc1. The lowest BCUT2D eigenvalue weighted by molar-refractivity contribution is 0.235. The summed E-state index contributed by atoms with van der Waals surface area (Å²) in [6.07, 6.45) is 3.88. The van der Waals surface area contributed by atoms with Crippen LogP contribution in [0.3, 0.4) is 0 Å². The van der Waals surface area contributed by atoms with Crippen molar-refractivity contribution >= 4 is 0 Å². The molecule has 0 atom stereocenters. The number of unbranched alkanes of at least 4 members (excludes halogenated alkanes) is 2. The van der Waals surface area contributed by atoms with Crippen molar-refractivity contribution in [3.63, 3.8) is 0 Å². The molecule has 0 saturated heterocycles. The smallest absolute Gasteiger partial charge is 0.119 e. The summed E-state index contributed by atoms with van der Waals surface area (Å²) >= 11 is 0. The van der Waals surface area contributed by atoms with Crippen LogP contribution in [-0.2, 0) is 6.54 Å². The lowest BCUT2D eigenvalue weighted by atomic mass is 10.2. The molecular weight excluding hydrogens is 236 g/mol. The third kappa shape index (κ3) is 7.19. The van der Waals surface area contributed by atoms with Crippen molar-refractivity contribution < 1.29 is 4.74 Å². The van der Waals surface area contributed by atoms with Crippen LogP contribution < -0.4 is 10.1 Å². The van der Waals surface area contributed by atoms with Gasteiger partial charge in [-0.25, -0.2) is 0 Å². The molecule has 0 aliphatic carbocycles. The molecule has 0 amide bonds. The third-order valence-electron chi connectivity index (χ3n) is 3.19. The molecule has 3 nitrogen and oxygen atoms in total. The maximum absolute atomic E-state index is 5.75. The molecule has 1 N–H and O–H groups in total. The summed E-state index contributed by atoms with van der Waals surface area (Å²) in [5.74, 6) is 0.960. The number of rotatable bonds is 10. The summed E-state index contributed by atoms with van der Waals surface area (Å²) in [6, 6.07) is 8.31. The largest absolute Gasteiger partial charge is 0.492 e. The molecule has 3 heteroatoms.